The number of alkyl halides is 1. The van der Waals surface area contributed by atoms with Crippen LogP contribution in [-0.4, -0.2) is 29.4 Å². The van der Waals surface area contributed by atoms with E-state index in [4.69, 9.17) is 22.6 Å². The molecule has 0 heterocycles. The molecule has 0 rings (SSSR count). The summed E-state index contributed by atoms with van der Waals surface area (Å²) in [6.45, 7) is 1.72. The normalized spacial score (nSPS) is 10.3. The number of esters is 1. The van der Waals surface area contributed by atoms with Gasteiger partial charge in [-0.05, 0) is 13.0 Å². The molecule has 0 aliphatic heterocycles. The van der Waals surface area contributed by atoms with Gasteiger partial charge in [0.1, 0.15) is 5.70 Å². The van der Waals surface area contributed by atoms with Crippen LogP contribution in [0.25, 0.3) is 0 Å². The van der Waals surface area contributed by atoms with Gasteiger partial charge in [0, 0.05) is 5.88 Å². The molecule has 6 nitrogen and oxygen atoms in total. The lowest BCUT2D eigenvalue weighted by molar-refractivity contribution is -0.139. The SMILES string of the molecule is CCOC(=O)/C(=C\CCl)N(C#N)C(N)=O. The zero-order valence-electron chi connectivity index (χ0n) is 8.07. The van der Waals surface area contributed by atoms with Crippen molar-refractivity contribution >= 4 is 23.6 Å². The molecule has 2 N–H and O–H groups in total. The third kappa shape index (κ3) is 3.87. The van der Waals surface area contributed by atoms with E-state index in [-0.39, 0.29) is 18.2 Å². The number of hydrogen-bond acceptors (Lipinski definition) is 4. The summed E-state index contributed by atoms with van der Waals surface area (Å²) in [5.74, 6) is -0.863. The van der Waals surface area contributed by atoms with Crippen LogP contribution in [0.15, 0.2) is 11.8 Å². The molecule has 0 saturated heterocycles. The van der Waals surface area contributed by atoms with Crippen LogP contribution in [0.2, 0.25) is 0 Å². The molecule has 0 aromatic heterocycles. The number of urea groups is 1. The lowest BCUT2D eigenvalue weighted by Crippen LogP contribution is -2.34. The highest BCUT2D eigenvalue weighted by molar-refractivity contribution is 6.19. The van der Waals surface area contributed by atoms with Gasteiger partial charge >= 0.3 is 12.0 Å². The molecule has 0 unspecified atom stereocenters. The van der Waals surface area contributed by atoms with Crippen molar-refractivity contribution in [3.05, 3.63) is 11.8 Å². The van der Waals surface area contributed by atoms with Gasteiger partial charge in [-0.25, -0.2) is 9.59 Å². The maximum absolute atomic E-state index is 11.3. The van der Waals surface area contributed by atoms with Crippen molar-refractivity contribution in [3.63, 3.8) is 0 Å². The Morgan fingerprint density at radius 1 is 1.67 bits per heavy atom. The first-order chi connectivity index (χ1) is 7.08. The highest BCUT2D eigenvalue weighted by Gasteiger charge is 2.22. The number of carbonyl (C=O) groups is 2. The van der Waals surface area contributed by atoms with Crippen molar-refractivity contribution in [3.8, 4) is 6.19 Å². The Balaban J connectivity index is 4.97. The highest BCUT2D eigenvalue weighted by Crippen LogP contribution is 2.06. The summed E-state index contributed by atoms with van der Waals surface area (Å²) >= 11 is 5.37. The van der Waals surface area contributed by atoms with Gasteiger partial charge in [0.15, 0.2) is 6.19 Å². The standard InChI is InChI=1S/C8H10ClN3O3/c1-2-15-7(13)6(3-4-9)12(5-10)8(11)14/h3H,2,4H2,1H3,(H2,11,14)/b6-3+. The summed E-state index contributed by atoms with van der Waals surface area (Å²) in [5, 5.41) is 8.59. The van der Waals surface area contributed by atoms with E-state index in [2.05, 4.69) is 4.74 Å². The fourth-order valence-electron chi connectivity index (χ4n) is 0.766. The topological polar surface area (TPSA) is 96.4 Å². The predicted octanol–water partition coefficient (Wildman–Crippen LogP) is 0.534. The first kappa shape index (κ1) is 13.3. The molecule has 0 saturated carbocycles. The second-order valence-corrected chi connectivity index (χ2v) is 2.55. The number of rotatable bonds is 4. The molecule has 0 fully saturated rings. The average Bonchev–Trinajstić information content (AvgIpc) is 2.17. The number of nitriles is 1. The number of ether oxygens (including phenoxy) is 1. The zero-order chi connectivity index (χ0) is 11.8. The number of hydrogen-bond donors (Lipinski definition) is 1. The minimum Gasteiger partial charge on any atom is -0.461 e. The third-order valence-electron chi connectivity index (χ3n) is 1.32. The Labute approximate surface area is 91.8 Å². The summed E-state index contributed by atoms with van der Waals surface area (Å²) in [7, 11) is 0. The molecule has 0 bridgehead atoms. The average molecular weight is 232 g/mol. The largest absolute Gasteiger partial charge is 0.461 e. The van der Waals surface area contributed by atoms with Gasteiger partial charge in [-0.1, -0.05) is 0 Å². The molecule has 0 radical (unpaired) electrons. The summed E-state index contributed by atoms with van der Waals surface area (Å²) in [5.41, 5.74) is 4.61. The first-order valence-corrected chi connectivity index (χ1v) is 4.54. The van der Waals surface area contributed by atoms with Gasteiger partial charge in [-0.3, -0.25) is 0 Å². The summed E-state index contributed by atoms with van der Waals surface area (Å²) < 4.78 is 4.62. The number of halogens is 1. The zero-order valence-corrected chi connectivity index (χ0v) is 8.82. The van der Waals surface area contributed by atoms with E-state index in [1.54, 1.807) is 6.92 Å². The molecule has 0 spiro atoms. The molecule has 15 heavy (non-hydrogen) atoms. The van der Waals surface area contributed by atoms with Gasteiger partial charge in [0.2, 0.25) is 0 Å². The lowest BCUT2D eigenvalue weighted by Gasteiger charge is -2.13. The van der Waals surface area contributed by atoms with Crippen molar-refractivity contribution in [2.75, 3.05) is 12.5 Å². The molecule has 0 aromatic rings. The van der Waals surface area contributed by atoms with Crippen LogP contribution in [-0.2, 0) is 9.53 Å². The Kier molecular flexibility index (Phi) is 5.90. The van der Waals surface area contributed by atoms with E-state index in [1.165, 1.54) is 12.3 Å². The monoisotopic (exact) mass is 231 g/mol. The van der Waals surface area contributed by atoms with Crippen LogP contribution >= 0.6 is 11.6 Å². The molecule has 0 aromatic carbocycles. The predicted molar refractivity (Wildman–Crippen MR) is 52.5 cm³/mol. The second-order valence-electron chi connectivity index (χ2n) is 2.24. The van der Waals surface area contributed by atoms with Crippen LogP contribution in [0.5, 0.6) is 0 Å². The maximum Gasteiger partial charge on any atom is 0.355 e. The third-order valence-corrected chi connectivity index (χ3v) is 1.47. The van der Waals surface area contributed by atoms with Crippen LogP contribution < -0.4 is 5.73 Å². The minimum absolute atomic E-state index is 0.0421. The number of allylic oxidation sites excluding steroid dienone is 1. The molecule has 2 amide bonds. The van der Waals surface area contributed by atoms with Crippen LogP contribution in [0, 0.1) is 11.5 Å². The first-order valence-electron chi connectivity index (χ1n) is 4.01. The van der Waals surface area contributed by atoms with E-state index in [0.717, 1.165) is 0 Å². The van der Waals surface area contributed by atoms with E-state index >= 15 is 0 Å². The number of amides is 2. The van der Waals surface area contributed by atoms with Crippen molar-refractivity contribution in [2.45, 2.75) is 6.92 Å². The number of nitrogens with two attached hydrogens (primary N) is 1. The number of primary amides is 1. The molecule has 0 aliphatic carbocycles. The molecular formula is C8H10ClN3O3. The Bertz CT molecular complexity index is 322. The molecule has 0 atom stereocenters. The summed E-state index contributed by atoms with van der Waals surface area (Å²) in [4.78, 5) is 22.5. The summed E-state index contributed by atoms with van der Waals surface area (Å²) in [6.07, 6.45) is 2.63. The molecule has 7 heteroatoms. The van der Waals surface area contributed by atoms with E-state index < -0.39 is 12.0 Å². The number of carbonyl (C=O) groups excluding carboxylic acids is 2. The van der Waals surface area contributed by atoms with Gasteiger partial charge in [-0.15, -0.1) is 11.6 Å². The van der Waals surface area contributed by atoms with E-state index in [0.29, 0.717) is 4.90 Å². The molecular weight excluding hydrogens is 222 g/mol. The smallest absolute Gasteiger partial charge is 0.355 e. The van der Waals surface area contributed by atoms with Gasteiger partial charge in [0.05, 0.1) is 6.61 Å². The second kappa shape index (κ2) is 6.68. The summed E-state index contributed by atoms with van der Waals surface area (Å²) in [6, 6.07) is -1.07. The maximum atomic E-state index is 11.3. The van der Waals surface area contributed by atoms with Crippen LogP contribution in [0.3, 0.4) is 0 Å². The molecule has 0 aliphatic rings. The Morgan fingerprint density at radius 3 is 2.60 bits per heavy atom. The quantitative estimate of drug-likeness (QED) is 0.251. The Hall–Kier alpha value is -1.74. The highest BCUT2D eigenvalue weighted by atomic mass is 35.5. The van der Waals surface area contributed by atoms with Crippen LogP contribution in [0.1, 0.15) is 6.92 Å². The Morgan fingerprint density at radius 2 is 2.27 bits per heavy atom. The molecule has 82 valence electrons. The minimum atomic E-state index is -1.07. The van der Waals surface area contributed by atoms with Crippen molar-refractivity contribution < 1.29 is 14.3 Å². The van der Waals surface area contributed by atoms with Crippen molar-refractivity contribution in [1.29, 1.82) is 5.26 Å². The van der Waals surface area contributed by atoms with Crippen molar-refractivity contribution in [1.82, 2.24) is 4.90 Å². The van der Waals surface area contributed by atoms with E-state index in [9.17, 15) is 9.59 Å². The van der Waals surface area contributed by atoms with Crippen molar-refractivity contribution in [2.24, 2.45) is 5.73 Å². The van der Waals surface area contributed by atoms with Crippen LogP contribution in [0.4, 0.5) is 4.79 Å². The van der Waals surface area contributed by atoms with Gasteiger partial charge in [0.25, 0.3) is 0 Å². The fraction of sp³-hybridized carbons (Fsp3) is 0.375. The van der Waals surface area contributed by atoms with Gasteiger partial charge in [-0.2, -0.15) is 10.2 Å². The number of nitrogens with zero attached hydrogens (tertiary/aromatic N) is 2. The lowest BCUT2D eigenvalue weighted by atomic mass is 10.4. The van der Waals surface area contributed by atoms with E-state index in [1.807, 2.05) is 0 Å². The fourth-order valence-corrected chi connectivity index (χ4v) is 0.912. The van der Waals surface area contributed by atoms with Gasteiger partial charge < -0.3 is 10.5 Å².